The first-order valence-corrected chi connectivity index (χ1v) is 25.3. The Morgan fingerprint density at radius 2 is 1.40 bits per heavy atom. The summed E-state index contributed by atoms with van der Waals surface area (Å²) in [4.78, 5) is 5.15. The second-order valence-corrected chi connectivity index (χ2v) is 21.1. The van der Waals surface area contributed by atoms with Crippen LogP contribution in [0.5, 0.6) is 0 Å². The maximum Gasteiger partial charge on any atom is 0.0649 e. The van der Waals surface area contributed by atoms with Gasteiger partial charge in [0, 0.05) is 60.1 Å². The fourth-order valence-electron chi connectivity index (χ4n) is 13.4. The highest BCUT2D eigenvalue weighted by atomic mass is 32.1. The lowest BCUT2D eigenvalue weighted by Gasteiger charge is -2.44. The van der Waals surface area contributed by atoms with Gasteiger partial charge in [-0.25, -0.2) is 0 Å². The molecule has 7 aromatic rings. The summed E-state index contributed by atoms with van der Waals surface area (Å²) in [5.41, 5.74) is 22.0. The fraction of sp³-hybridized carbons (Fsp3) is 0.188. The summed E-state index contributed by atoms with van der Waals surface area (Å²) < 4.78 is 2.69. The monoisotopic (exact) mass is 880 g/mol. The normalized spacial score (nSPS) is 22.7. The molecule has 0 saturated carbocycles. The summed E-state index contributed by atoms with van der Waals surface area (Å²) in [5.74, 6) is 0.642. The summed E-state index contributed by atoms with van der Waals surface area (Å²) in [5, 5.41) is 2.69. The number of thiophene rings is 1. The third-order valence-electron chi connectivity index (χ3n) is 16.3. The Morgan fingerprint density at radius 3 is 2.21 bits per heavy atom. The van der Waals surface area contributed by atoms with Crippen LogP contribution < -0.4 is 9.80 Å². The molecule has 0 bridgehead atoms. The number of anilines is 3. The first-order chi connectivity index (χ1) is 33.0. The van der Waals surface area contributed by atoms with Crippen LogP contribution in [0.25, 0.3) is 25.7 Å². The Hall–Kier alpha value is -6.94. The highest BCUT2D eigenvalue weighted by Gasteiger charge is 2.57. The molecule has 6 aromatic carbocycles. The number of fused-ring (bicyclic) bond motifs is 14. The Balaban J connectivity index is 0.883. The quantitative estimate of drug-likeness (QED) is 0.170. The zero-order chi connectivity index (χ0) is 44.4. The van der Waals surface area contributed by atoms with Gasteiger partial charge in [0.1, 0.15) is 0 Å². The SMILES string of the molecule is CC1(C)c2ccccc2N(C2=CCCC3=C2c2ccccc2C32C3=CC=CCC3c3ccc(C4C=CC(N(C5=CC=CCC5)c5ccc6c(c5)sc5ccccc56)=CC4)cc32)c2ccccc21. The van der Waals surface area contributed by atoms with Crippen LogP contribution in [-0.2, 0) is 10.8 Å². The van der Waals surface area contributed by atoms with Crippen LogP contribution in [0.4, 0.5) is 17.1 Å². The van der Waals surface area contributed by atoms with E-state index in [1.807, 2.05) is 11.3 Å². The molecule has 3 heteroatoms. The van der Waals surface area contributed by atoms with E-state index in [0.29, 0.717) is 5.92 Å². The van der Waals surface area contributed by atoms with E-state index < -0.39 is 0 Å². The minimum atomic E-state index is -0.317. The van der Waals surface area contributed by atoms with Crippen LogP contribution in [0.1, 0.15) is 103 Å². The number of nitrogens with zero attached hydrogens (tertiary/aromatic N) is 2. The molecule has 324 valence electrons. The largest absolute Gasteiger partial charge is 0.315 e. The Kier molecular flexibility index (Phi) is 8.66. The standard InChI is InChI=1S/C64H52N2S/c1-63(2)53-24-11-13-27-57(53)66(58-28-14-12-25-54(58)63)59-29-16-26-55-62(59)50-21-7-10-23-52(50)64(55)51-22-9-6-19-46(51)47-37-33-42(39-56(47)64)41-31-34-44(35-32-41)65(43-17-4-3-5-18-43)45-36-38-49-48-20-8-15-30-60(48)67-61(49)40-45/h3-4,6-15,17,20-25,27-31,33-41,46H,5,16,18-19,26,32H2,1-2H3. The summed E-state index contributed by atoms with van der Waals surface area (Å²) in [6.07, 6.45) is 30.2. The second-order valence-electron chi connectivity index (χ2n) is 20.0. The van der Waals surface area contributed by atoms with Crippen LogP contribution in [0.2, 0.25) is 0 Å². The number of allylic oxidation sites excluding steroid dienone is 14. The van der Waals surface area contributed by atoms with Gasteiger partial charge in [-0.1, -0.05) is 166 Å². The van der Waals surface area contributed by atoms with E-state index in [4.69, 9.17) is 0 Å². The average Bonchev–Trinajstić information content (AvgIpc) is 4.01. The first kappa shape index (κ1) is 39.2. The van der Waals surface area contributed by atoms with Crippen molar-refractivity contribution in [3.63, 3.8) is 0 Å². The molecule has 2 heterocycles. The van der Waals surface area contributed by atoms with E-state index in [2.05, 4.69) is 218 Å². The van der Waals surface area contributed by atoms with Gasteiger partial charge in [-0.3, -0.25) is 0 Å². The number of para-hydroxylation sites is 2. The molecule has 0 N–H and O–H groups in total. The van der Waals surface area contributed by atoms with Crippen molar-refractivity contribution in [1.82, 2.24) is 0 Å². The van der Waals surface area contributed by atoms with Crippen molar-refractivity contribution in [2.24, 2.45) is 0 Å². The van der Waals surface area contributed by atoms with E-state index in [1.54, 1.807) is 11.1 Å². The van der Waals surface area contributed by atoms with E-state index in [9.17, 15) is 0 Å². The van der Waals surface area contributed by atoms with Crippen LogP contribution in [0, 0.1) is 0 Å². The lowest BCUT2D eigenvalue weighted by Crippen LogP contribution is -2.34. The van der Waals surface area contributed by atoms with Gasteiger partial charge in [-0.05, 0) is 131 Å². The molecule has 14 rings (SSSR count). The van der Waals surface area contributed by atoms with Crippen molar-refractivity contribution in [2.75, 3.05) is 9.80 Å². The van der Waals surface area contributed by atoms with Gasteiger partial charge >= 0.3 is 0 Å². The summed E-state index contributed by atoms with van der Waals surface area (Å²) >= 11 is 1.90. The molecule has 1 aromatic heterocycles. The van der Waals surface area contributed by atoms with Gasteiger partial charge in [-0.15, -0.1) is 11.3 Å². The van der Waals surface area contributed by atoms with Gasteiger partial charge in [-0.2, -0.15) is 0 Å². The van der Waals surface area contributed by atoms with Gasteiger partial charge in [0.25, 0.3) is 0 Å². The molecule has 3 atom stereocenters. The van der Waals surface area contributed by atoms with Crippen LogP contribution in [0.3, 0.4) is 0 Å². The molecule has 1 aliphatic heterocycles. The molecule has 1 spiro atoms. The molecule has 0 fully saturated rings. The van der Waals surface area contributed by atoms with E-state index in [1.165, 1.54) is 98.8 Å². The molecule has 3 unspecified atom stereocenters. The molecular formula is C64H52N2S. The predicted molar refractivity (Wildman–Crippen MR) is 282 cm³/mol. The smallest absolute Gasteiger partial charge is 0.0649 e. The van der Waals surface area contributed by atoms with E-state index >= 15 is 0 Å². The molecule has 0 saturated heterocycles. The molecule has 0 radical (unpaired) electrons. The van der Waals surface area contributed by atoms with Gasteiger partial charge in [0.05, 0.1) is 22.5 Å². The zero-order valence-corrected chi connectivity index (χ0v) is 39.0. The van der Waals surface area contributed by atoms with Crippen molar-refractivity contribution in [2.45, 2.75) is 75.0 Å². The first-order valence-electron chi connectivity index (χ1n) is 24.5. The average molecular weight is 881 g/mol. The summed E-state index contributed by atoms with van der Waals surface area (Å²) in [6.45, 7) is 4.79. The van der Waals surface area contributed by atoms with Crippen LogP contribution in [0.15, 0.2) is 222 Å². The Morgan fingerprint density at radius 1 is 0.642 bits per heavy atom. The Labute approximate surface area is 398 Å². The molecular weight excluding hydrogens is 829 g/mol. The molecule has 0 amide bonds. The molecule has 67 heavy (non-hydrogen) atoms. The number of benzene rings is 6. The minimum Gasteiger partial charge on any atom is -0.315 e. The lowest BCUT2D eigenvalue weighted by molar-refractivity contribution is 0.629. The maximum atomic E-state index is 2.66. The Bertz CT molecular complexity index is 3490. The number of hydrogen-bond donors (Lipinski definition) is 0. The summed E-state index contributed by atoms with van der Waals surface area (Å²) in [6, 6.07) is 51.3. The zero-order valence-electron chi connectivity index (χ0n) is 38.2. The lowest BCUT2D eigenvalue weighted by atomic mass is 9.66. The predicted octanol–water partition coefficient (Wildman–Crippen LogP) is 16.9. The van der Waals surface area contributed by atoms with E-state index in [0.717, 1.165) is 38.5 Å². The van der Waals surface area contributed by atoms with Crippen LogP contribution >= 0.6 is 11.3 Å². The number of hydrogen-bond acceptors (Lipinski definition) is 3. The highest BCUT2D eigenvalue weighted by molar-refractivity contribution is 7.25. The van der Waals surface area contributed by atoms with Crippen LogP contribution in [-0.4, -0.2) is 0 Å². The molecule has 2 nitrogen and oxygen atoms in total. The maximum absolute atomic E-state index is 2.66. The summed E-state index contributed by atoms with van der Waals surface area (Å²) in [7, 11) is 0. The fourth-order valence-corrected chi connectivity index (χ4v) is 14.5. The molecule has 7 aliphatic rings. The number of rotatable bonds is 5. The van der Waals surface area contributed by atoms with Crippen molar-refractivity contribution < 1.29 is 0 Å². The van der Waals surface area contributed by atoms with Gasteiger partial charge in [0.15, 0.2) is 0 Å². The van der Waals surface area contributed by atoms with Crippen molar-refractivity contribution in [1.29, 1.82) is 0 Å². The third-order valence-corrected chi connectivity index (χ3v) is 17.5. The molecule has 6 aliphatic carbocycles. The van der Waals surface area contributed by atoms with Crippen molar-refractivity contribution in [3.8, 4) is 0 Å². The van der Waals surface area contributed by atoms with E-state index in [-0.39, 0.29) is 16.7 Å². The van der Waals surface area contributed by atoms with Gasteiger partial charge in [0.2, 0.25) is 0 Å². The van der Waals surface area contributed by atoms with Crippen molar-refractivity contribution >= 4 is 54.1 Å². The topological polar surface area (TPSA) is 6.48 Å². The third kappa shape index (κ3) is 5.55. The van der Waals surface area contributed by atoms with Gasteiger partial charge < -0.3 is 9.80 Å². The minimum absolute atomic E-state index is 0.113. The van der Waals surface area contributed by atoms with Crippen molar-refractivity contribution in [3.05, 3.63) is 261 Å². The second kappa shape index (κ2) is 14.8. The highest BCUT2D eigenvalue weighted by Crippen LogP contribution is 2.68.